The SMILES string of the molecule is COC(=O)C1=C(C)N(c2ccccc2Cl)C(=O)/C1=C\c1ccccc1[N+](=O)[O-]. The molecule has 0 aliphatic carbocycles. The predicted molar refractivity (Wildman–Crippen MR) is 105 cm³/mol. The Morgan fingerprint density at radius 3 is 2.46 bits per heavy atom. The molecule has 7 nitrogen and oxygen atoms in total. The van der Waals surface area contributed by atoms with E-state index in [2.05, 4.69) is 0 Å². The second-order valence-corrected chi connectivity index (χ2v) is 6.33. The van der Waals surface area contributed by atoms with Gasteiger partial charge >= 0.3 is 5.97 Å². The molecule has 0 unspecified atom stereocenters. The highest BCUT2D eigenvalue weighted by Gasteiger charge is 2.38. The van der Waals surface area contributed by atoms with Crippen LogP contribution in [0.1, 0.15) is 12.5 Å². The zero-order chi connectivity index (χ0) is 20.4. The minimum Gasteiger partial charge on any atom is -0.465 e. The number of methoxy groups -OCH3 is 1. The molecule has 0 bridgehead atoms. The van der Waals surface area contributed by atoms with Gasteiger partial charge in [-0.1, -0.05) is 35.9 Å². The van der Waals surface area contributed by atoms with Crippen LogP contribution in [-0.4, -0.2) is 23.9 Å². The summed E-state index contributed by atoms with van der Waals surface area (Å²) < 4.78 is 4.83. The van der Waals surface area contributed by atoms with Crippen molar-refractivity contribution in [3.63, 3.8) is 0 Å². The number of allylic oxidation sites excluding steroid dienone is 1. The summed E-state index contributed by atoms with van der Waals surface area (Å²) in [4.78, 5) is 37.6. The minimum atomic E-state index is -0.717. The molecular formula is C20H15ClN2O5. The normalized spacial score (nSPS) is 15.3. The first-order chi connectivity index (χ1) is 13.4. The Bertz CT molecular complexity index is 1060. The van der Waals surface area contributed by atoms with E-state index in [0.717, 1.165) is 0 Å². The Morgan fingerprint density at radius 1 is 1.18 bits per heavy atom. The van der Waals surface area contributed by atoms with Crippen molar-refractivity contribution in [2.24, 2.45) is 0 Å². The lowest BCUT2D eigenvalue weighted by molar-refractivity contribution is -0.385. The maximum atomic E-state index is 13.2. The number of nitrogens with zero attached hydrogens (tertiary/aromatic N) is 2. The van der Waals surface area contributed by atoms with Crippen molar-refractivity contribution in [2.45, 2.75) is 6.92 Å². The second-order valence-electron chi connectivity index (χ2n) is 5.92. The van der Waals surface area contributed by atoms with Gasteiger partial charge in [-0.2, -0.15) is 0 Å². The van der Waals surface area contributed by atoms with E-state index in [1.165, 1.54) is 36.3 Å². The largest absolute Gasteiger partial charge is 0.465 e. The van der Waals surface area contributed by atoms with Crippen LogP contribution in [0.3, 0.4) is 0 Å². The predicted octanol–water partition coefficient (Wildman–Crippen LogP) is 4.13. The number of hydrogen-bond donors (Lipinski definition) is 0. The molecule has 2 aromatic carbocycles. The van der Waals surface area contributed by atoms with Crippen LogP contribution in [0.25, 0.3) is 6.08 Å². The summed E-state index contributed by atoms with van der Waals surface area (Å²) in [6.45, 7) is 1.59. The highest BCUT2D eigenvalue weighted by molar-refractivity contribution is 6.35. The first kappa shape index (κ1) is 19.3. The van der Waals surface area contributed by atoms with E-state index in [-0.39, 0.29) is 22.4 Å². The number of benzene rings is 2. The highest BCUT2D eigenvalue weighted by Crippen LogP contribution is 2.38. The molecule has 1 amide bonds. The average molecular weight is 399 g/mol. The molecule has 0 fully saturated rings. The van der Waals surface area contributed by atoms with Crippen LogP contribution < -0.4 is 4.90 Å². The van der Waals surface area contributed by atoms with Crippen molar-refractivity contribution < 1.29 is 19.2 Å². The van der Waals surface area contributed by atoms with E-state index in [9.17, 15) is 19.7 Å². The van der Waals surface area contributed by atoms with E-state index in [0.29, 0.717) is 16.4 Å². The van der Waals surface area contributed by atoms with Gasteiger partial charge in [0.2, 0.25) is 0 Å². The van der Waals surface area contributed by atoms with Crippen molar-refractivity contribution >= 4 is 40.9 Å². The number of halogens is 1. The average Bonchev–Trinajstić information content (AvgIpc) is 2.92. The summed E-state index contributed by atoms with van der Waals surface area (Å²) in [5.74, 6) is -1.24. The first-order valence-corrected chi connectivity index (χ1v) is 8.58. The summed E-state index contributed by atoms with van der Waals surface area (Å²) in [6.07, 6.45) is 1.33. The lowest BCUT2D eigenvalue weighted by Gasteiger charge is -2.19. The van der Waals surface area contributed by atoms with Crippen LogP contribution in [0.15, 0.2) is 65.4 Å². The third-order valence-electron chi connectivity index (χ3n) is 4.32. The molecule has 0 N–H and O–H groups in total. The number of anilines is 1. The van der Waals surface area contributed by atoms with Gasteiger partial charge in [0.1, 0.15) is 0 Å². The summed E-state index contributed by atoms with van der Waals surface area (Å²) in [5.41, 5.74) is 0.782. The van der Waals surface area contributed by atoms with E-state index in [1.54, 1.807) is 37.3 Å². The number of amides is 1. The molecule has 1 aliphatic heterocycles. The molecule has 3 rings (SSSR count). The summed E-state index contributed by atoms with van der Waals surface area (Å²) >= 11 is 6.23. The second kappa shape index (κ2) is 7.66. The number of ether oxygens (including phenoxy) is 1. The van der Waals surface area contributed by atoms with Crippen molar-refractivity contribution in [1.82, 2.24) is 0 Å². The standard InChI is InChI=1S/C20H15ClN2O5/c1-12-18(20(25)28-2)14(11-13-7-3-5-9-16(13)23(26)27)19(24)22(12)17-10-6-4-8-15(17)21/h3-11H,1-2H3/b14-11-. The number of esters is 1. The Balaban J connectivity index is 2.22. The van der Waals surface area contributed by atoms with Gasteiger partial charge in [0.15, 0.2) is 0 Å². The van der Waals surface area contributed by atoms with E-state index >= 15 is 0 Å². The Hall–Kier alpha value is -3.45. The van der Waals surface area contributed by atoms with Crippen LogP contribution in [0, 0.1) is 10.1 Å². The van der Waals surface area contributed by atoms with Crippen LogP contribution in [0.2, 0.25) is 5.02 Å². The van der Waals surface area contributed by atoms with Gasteiger partial charge in [-0.3, -0.25) is 19.8 Å². The number of carbonyl (C=O) groups excluding carboxylic acids is 2. The quantitative estimate of drug-likeness (QED) is 0.334. The Labute approximate surface area is 165 Å². The lowest BCUT2D eigenvalue weighted by atomic mass is 10.0. The fraction of sp³-hybridized carbons (Fsp3) is 0.100. The molecular weight excluding hydrogens is 384 g/mol. The summed E-state index contributed by atoms with van der Waals surface area (Å²) in [7, 11) is 1.20. The van der Waals surface area contributed by atoms with Gasteiger partial charge < -0.3 is 4.74 Å². The molecule has 0 aromatic heterocycles. The van der Waals surface area contributed by atoms with Gasteiger partial charge in [-0.05, 0) is 31.2 Å². The third-order valence-corrected chi connectivity index (χ3v) is 4.64. The Kier molecular flexibility index (Phi) is 5.28. The summed E-state index contributed by atoms with van der Waals surface area (Å²) in [5, 5.41) is 11.6. The lowest BCUT2D eigenvalue weighted by Crippen LogP contribution is -2.24. The monoisotopic (exact) mass is 398 g/mol. The van der Waals surface area contributed by atoms with Gasteiger partial charge in [-0.25, -0.2) is 4.79 Å². The molecule has 8 heteroatoms. The number of carbonyl (C=O) groups is 2. The maximum absolute atomic E-state index is 13.2. The molecule has 0 saturated carbocycles. The number of nitro benzene ring substituents is 1. The van der Waals surface area contributed by atoms with Crippen LogP contribution >= 0.6 is 11.6 Å². The molecule has 0 saturated heterocycles. The molecule has 0 radical (unpaired) electrons. The van der Waals surface area contributed by atoms with Crippen molar-refractivity contribution in [2.75, 3.05) is 12.0 Å². The number of hydrogen-bond acceptors (Lipinski definition) is 5. The molecule has 28 heavy (non-hydrogen) atoms. The van der Waals surface area contributed by atoms with E-state index in [1.807, 2.05) is 0 Å². The van der Waals surface area contributed by atoms with Crippen molar-refractivity contribution in [3.05, 3.63) is 86.1 Å². The molecule has 0 atom stereocenters. The van der Waals surface area contributed by atoms with E-state index < -0.39 is 16.8 Å². The van der Waals surface area contributed by atoms with Gasteiger partial charge in [0.25, 0.3) is 11.6 Å². The van der Waals surface area contributed by atoms with Gasteiger partial charge in [-0.15, -0.1) is 0 Å². The molecule has 1 aliphatic rings. The zero-order valence-corrected chi connectivity index (χ0v) is 15.8. The third kappa shape index (κ3) is 3.27. The van der Waals surface area contributed by atoms with Crippen LogP contribution in [0.5, 0.6) is 0 Å². The van der Waals surface area contributed by atoms with Crippen LogP contribution in [-0.2, 0) is 14.3 Å². The van der Waals surface area contributed by atoms with E-state index in [4.69, 9.17) is 16.3 Å². The number of rotatable bonds is 4. The van der Waals surface area contributed by atoms with Gasteiger partial charge in [0, 0.05) is 11.8 Å². The fourth-order valence-electron chi connectivity index (χ4n) is 3.03. The molecule has 2 aromatic rings. The minimum absolute atomic E-state index is 0.00132. The zero-order valence-electron chi connectivity index (χ0n) is 15.0. The molecule has 0 spiro atoms. The Morgan fingerprint density at radius 2 is 1.82 bits per heavy atom. The molecule has 142 valence electrons. The number of nitro groups is 1. The topological polar surface area (TPSA) is 89.8 Å². The highest BCUT2D eigenvalue weighted by atomic mass is 35.5. The van der Waals surface area contributed by atoms with Crippen molar-refractivity contribution in [1.29, 1.82) is 0 Å². The molecule has 1 heterocycles. The smallest absolute Gasteiger partial charge is 0.340 e. The fourth-order valence-corrected chi connectivity index (χ4v) is 3.25. The number of para-hydroxylation sites is 2. The summed E-state index contributed by atoms with van der Waals surface area (Å²) in [6, 6.07) is 12.7. The first-order valence-electron chi connectivity index (χ1n) is 8.20. The van der Waals surface area contributed by atoms with Crippen LogP contribution in [0.4, 0.5) is 11.4 Å². The maximum Gasteiger partial charge on any atom is 0.340 e. The van der Waals surface area contributed by atoms with Crippen molar-refractivity contribution in [3.8, 4) is 0 Å². The van der Waals surface area contributed by atoms with Gasteiger partial charge in [0.05, 0.1) is 39.5 Å².